The maximum atomic E-state index is 12.6. The zero-order valence-electron chi connectivity index (χ0n) is 10.9. The van der Waals surface area contributed by atoms with Gasteiger partial charge in [-0.2, -0.15) is 13.2 Å². The molecule has 1 aromatic rings. The predicted molar refractivity (Wildman–Crippen MR) is 70.8 cm³/mol. The van der Waals surface area contributed by atoms with Crippen LogP contribution in [0.5, 0.6) is 0 Å². The van der Waals surface area contributed by atoms with Crippen LogP contribution in [0.25, 0.3) is 0 Å². The number of carbonyl (C=O) groups excluding carboxylic acids is 1. The zero-order valence-corrected chi connectivity index (χ0v) is 11.6. The van der Waals surface area contributed by atoms with Gasteiger partial charge in [-0.05, 0) is 24.6 Å². The molecule has 0 heterocycles. The number of halogens is 4. The normalized spacial score (nSPS) is 11.2. The topological polar surface area (TPSA) is 38.3 Å². The molecule has 3 nitrogen and oxygen atoms in total. The number of unbranched alkanes of at least 4 members (excludes halogenated alkanes) is 1. The van der Waals surface area contributed by atoms with Crippen molar-refractivity contribution in [1.82, 2.24) is 0 Å². The van der Waals surface area contributed by atoms with Gasteiger partial charge in [-0.3, -0.25) is 4.79 Å². The highest BCUT2D eigenvalue weighted by Gasteiger charge is 2.31. The minimum atomic E-state index is -4.48. The monoisotopic (exact) mass is 309 g/mol. The Morgan fingerprint density at radius 1 is 1.35 bits per heavy atom. The molecule has 7 heteroatoms. The Morgan fingerprint density at radius 2 is 2.05 bits per heavy atom. The van der Waals surface area contributed by atoms with Crippen LogP contribution in [0.2, 0.25) is 5.02 Å². The molecule has 0 fully saturated rings. The summed E-state index contributed by atoms with van der Waals surface area (Å²) in [5.41, 5.74) is -0.746. The Morgan fingerprint density at radius 3 is 2.65 bits per heavy atom. The second kappa shape index (κ2) is 7.38. The van der Waals surface area contributed by atoms with E-state index in [1.807, 2.05) is 6.92 Å². The van der Waals surface area contributed by atoms with Crippen LogP contribution in [0.15, 0.2) is 18.2 Å². The lowest BCUT2D eigenvalue weighted by Crippen LogP contribution is -2.17. The van der Waals surface area contributed by atoms with Gasteiger partial charge in [-0.1, -0.05) is 24.9 Å². The van der Waals surface area contributed by atoms with Crippen molar-refractivity contribution in [2.75, 3.05) is 18.5 Å². The van der Waals surface area contributed by atoms with E-state index in [1.54, 1.807) is 0 Å². The first-order valence-corrected chi connectivity index (χ1v) is 6.48. The second-order valence-electron chi connectivity index (χ2n) is 4.15. The Hall–Kier alpha value is -1.43. The van der Waals surface area contributed by atoms with Gasteiger partial charge < -0.3 is 10.1 Å². The molecule has 0 aromatic heterocycles. The molecule has 0 saturated heterocycles. The maximum absolute atomic E-state index is 12.6. The third-order valence-corrected chi connectivity index (χ3v) is 2.64. The maximum Gasteiger partial charge on any atom is 0.416 e. The number of carbonyl (C=O) groups is 1. The second-order valence-corrected chi connectivity index (χ2v) is 4.59. The van der Waals surface area contributed by atoms with E-state index < -0.39 is 17.7 Å². The van der Waals surface area contributed by atoms with Crippen LogP contribution in [-0.4, -0.2) is 19.1 Å². The first-order valence-electron chi connectivity index (χ1n) is 6.10. The molecule has 0 radical (unpaired) electrons. The highest BCUT2D eigenvalue weighted by Crippen LogP contribution is 2.33. The van der Waals surface area contributed by atoms with Gasteiger partial charge in [0.05, 0.1) is 12.2 Å². The van der Waals surface area contributed by atoms with Gasteiger partial charge in [0.2, 0.25) is 0 Å². The van der Waals surface area contributed by atoms with Crippen LogP contribution in [0.3, 0.4) is 0 Å². The molecular weight excluding hydrogens is 295 g/mol. The summed E-state index contributed by atoms with van der Waals surface area (Å²) in [5, 5.41) is 2.51. The van der Waals surface area contributed by atoms with Crippen molar-refractivity contribution in [3.05, 3.63) is 28.8 Å². The molecule has 0 saturated carbocycles. The number of esters is 1. The molecule has 0 aliphatic heterocycles. The molecule has 0 atom stereocenters. The molecule has 0 aliphatic carbocycles. The number of nitrogens with one attached hydrogen (secondary N) is 1. The summed E-state index contributed by atoms with van der Waals surface area (Å²) >= 11 is 5.62. The molecule has 0 aliphatic rings. The van der Waals surface area contributed by atoms with Gasteiger partial charge >= 0.3 is 12.1 Å². The van der Waals surface area contributed by atoms with Crippen LogP contribution in [-0.2, 0) is 15.7 Å². The van der Waals surface area contributed by atoms with Crippen LogP contribution in [0, 0.1) is 0 Å². The average Bonchev–Trinajstić information content (AvgIpc) is 2.35. The largest absolute Gasteiger partial charge is 0.464 e. The van der Waals surface area contributed by atoms with E-state index in [1.165, 1.54) is 6.07 Å². The fraction of sp³-hybridized carbons (Fsp3) is 0.462. The van der Waals surface area contributed by atoms with Gasteiger partial charge in [-0.15, -0.1) is 0 Å². The summed E-state index contributed by atoms with van der Waals surface area (Å²) in [6.45, 7) is 2.05. The van der Waals surface area contributed by atoms with Crippen molar-refractivity contribution in [2.45, 2.75) is 25.9 Å². The molecule has 0 unspecified atom stereocenters. The minimum absolute atomic E-state index is 0.0540. The average molecular weight is 310 g/mol. The lowest BCUT2D eigenvalue weighted by molar-refractivity contribution is -0.141. The van der Waals surface area contributed by atoms with E-state index in [-0.39, 0.29) is 17.3 Å². The van der Waals surface area contributed by atoms with E-state index in [2.05, 4.69) is 5.32 Å². The summed E-state index contributed by atoms with van der Waals surface area (Å²) in [6.07, 6.45) is -2.84. The predicted octanol–water partition coefficient (Wildman–Crippen LogP) is 4.11. The molecule has 20 heavy (non-hydrogen) atoms. The first kappa shape index (κ1) is 16.6. The van der Waals surface area contributed by atoms with Gasteiger partial charge in [0, 0.05) is 10.7 Å². The van der Waals surface area contributed by atoms with E-state index in [9.17, 15) is 18.0 Å². The third-order valence-electron chi connectivity index (χ3n) is 2.42. The van der Waals surface area contributed by atoms with E-state index in [0.717, 1.165) is 25.0 Å². The van der Waals surface area contributed by atoms with E-state index in [0.29, 0.717) is 6.61 Å². The summed E-state index contributed by atoms with van der Waals surface area (Å²) in [6, 6.07) is 3.04. The van der Waals surface area contributed by atoms with Gasteiger partial charge in [0.15, 0.2) is 0 Å². The lowest BCUT2D eigenvalue weighted by atomic mass is 10.2. The van der Waals surface area contributed by atoms with Gasteiger partial charge in [0.25, 0.3) is 0 Å². The SMILES string of the molecule is CCCCOC(=O)CNc1cc(Cl)cc(C(F)(F)F)c1. The number of benzene rings is 1. The van der Waals surface area contributed by atoms with Crippen molar-refractivity contribution in [3.8, 4) is 0 Å². The smallest absolute Gasteiger partial charge is 0.416 e. The summed E-state index contributed by atoms with van der Waals surface area (Å²) in [4.78, 5) is 11.3. The Balaban J connectivity index is 2.60. The highest BCUT2D eigenvalue weighted by molar-refractivity contribution is 6.30. The number of hydrogen-bond acceptors (Lipinski definition) is 3. The van der Waals surface area contributed by atoms with Crippen molar-refractivity contribution in [3.63, 3.8) is 0 Å². The zero-order chi connectivity index (χ0) is 15.2. The standard InChI is InChI=1S/C13H15ClF3NO2/c1-2-3-4-20-12(19)8-18-11-6-9(13(15,16)17)5-10(14)7-11/h5-7,18H,2-4,8H2,1H3. The van der Waals surface area contributed by atoms with Crippen LogP contribution in [0.4, 0.5) is 18.9 Å². The summed E-state index contributed by atoms with van der Waals surface area (Å²) in [5.74, 6) is -0.521. The number of hydrogen-bond donors (Lipinski definition) is 1. The molecule has 1 rings (SSSR count). The van der Waals surface area contributed by atoms with Crippen LogP contribution in [0.1, 0.15) is 25.3 Å². The Bertz CT molecular complexity index is 463. The van der Waals surface area contributed by atoms with Crippen LogP contribution < -0.4 is 5.32 Å². The summed E-state index contributed by atoms with van der Waals surface area (Å²) in [7, 11) is 0. The quantitative estimate of drug-likeness (QED) is 0.634. The van der Waals surface area contributed by atoms with E-state index >= 15 is 0 Å². The first-order chi connectivity index (χ1) is 9.32. The Labute approximate surface area is 120 Å². The van der Waals surface area contributed by atoms with Crippen molar-refractivity contribution in [2.24, 2.45) is 0 Å². The molecule has 112 valence electrons. The molecule has 1 aromatic carbocycles. The number of ether oxygens (including phenoxy) is 1. The van der Waals surface area contributed by atoms with Gasteiger partial charge in [0.1, 0.15) is 6.54 Å². The van der Waals surface area contributed by atoms with Crippen LogP contribution >= 0.6 is 11.6 Å². The van der Waals surface area contributed by atoms with Crippen molar-refractivity contribution >= 4 is 23.3 Å². The molecular formula is C13H15ClF3NO2. The van der Waals surface area contributed by atoms with Crippen molar-refractivity contribution < 1.29 is 22.7 Å². The number of anilines is 1. The molecule has 0 bridgehead atoms. The highest BCUT2D eigenvalue weighted by atomic mass is 35.5. The van der Waals surface area contributed by atoms with Gasteiger partial charge in [-0.25, -0.2) is 0 Å². The number of alkyl halides is 3. The fourth-order valence-electron chi connectivity index (χ4n) is 1.41. The number of rotatable bonds is 6. The lowest BCUT2D eigenvalue weighted by Gasteiger charge is -2.11. The molecule has 0 spiro atoms. The minimum Gasteiger partial charge on any atom is -0.464 e. The molecule has 0 amide bonds. The molecule has 1 N–H and O–H groups in total. The van der Waals surface area contributed by atoms with Crippen molar-refractivity contribution in [1.29, 1.82) is 0 Å². The fourth-order valence-corrected chi connectivity index (χ4v) is 1.65. The third kappa shape index (κ3) is 5.69. The van der Waals surface area contributed by atoms with E-state index in [4.69, 9.17) is 16.3 Å². The Kier molecular flexibility index (Phi) is 6.13. The summed E-state index contributed by atoms with van der Waals surface area (Å²) < 4.78 is 42.6.